The van der Waals surface area contributed by atoms with Crippen molar-refractivity contribution in [2.45, 2.75) is 111 Å². The van der Waals surface area contributed by atoms with Gasteiger partial charge in [0.2, 0.25) is 0 Å². The number of likely N-dealkylation sites (tertiary alicyclic amines) is 1. The average molecular weight is 549 g/mol. The predicted molar refractivity (Wildman–Crippen MR) is 166 cm³/mol. The van der Waals surface area contributed by atoms with Gasteiger partial charge in [-0.2, -0.15) is 0 Å². The molecule has 5 nitrogen and oxygen atoms in total. The van der Waals surface area contributed by atoms with Gasteiger partial charge in [0.05, 0.1) is 9.88 Å². The van der Waals surface area contributed by atoms with Crippen LogP contribution in [-0.4, -0.2) is 33.5 Å². The number of nitrogens with zero attached hydrogens (tertiary/aromatic N) is 3. The molecule has 212 valence electrons. The lowest BCUT2D eigenvalue weighted by Gasteiger charge is -2.40. The summed E-state index contributed by atoms with van der Waals surface area (Å²) in [6, 6.07) is 6.45. The lowest BCUT2D eigenvalue weighted by atomic mass is 9.71. The Morgan fingerprint density at radius 1 is 0.923 bits per heavy atom. The minimum atomic E-state index is -0.0129. The second-order valence-electron chi connectivity index (χ2n) is 14.2. The molecule has 1 saturated heterocycles. The number of benzene rings is 1. The Morgan fingerprint density at radius 2 is 1.56 bits per heavy atom. The van der Waals surface area contributed by atoms with Crippen molar-refractivity contribution in [1.82, 2.24) is 14.9 Å². The van der Waals surface area contributed by atoms with E-state index in [-0.39, 0.29) is 16.4 Å². The van der Waals surface area contributed by atoms with Crippen LogP contribution in [0.25, 0.3) is 10.4 Å². The van der Waals surface area contributed by atoms with Crippen LogP contribution in [0.5, 0.6) is 5.75 Å². The number of nitrogen functional groups attached to an aromatic ring is 1. The Bertz CT molecular complexity index is 1300. The first kappa shape index (κ1) is 29.5. The zero-order valence-corrected chi connectivity index (χ0v) is 26.6. The molecule has 0 bridgehead atoms. The van der Waals surface area contributed by atoms with Crippen molar-refractivity contribution in [3.05, 3.63) is 57.9 Å². The van der Waals surface area contributed by atoms with Gasteiger partial charge in [-0.15, -0.1) is 11.3 Å². The molecule has 39 heavy (non-hydrogen) atoms. The number of pyridine rings is 1. The molecule has 0 saturated carbocycles. The lowest BCUT2D eigenvalue weighted by Crippen LogP contribution is -2.45. The van der Waals surface area contributed by atoms with Crippen LogP contribution in [0.3, 0.4) is 0 Å². The molecule has 0 unspecified atom stereocenters. The Hall–Kier alpha value is -2.44. The molecule has 2 aromatic heterocycles. The van der Waals surface area contributed by atoms with Gasteiger partial charge in [0, 0.05) is 29.4 Å². The van der Waals surface area contributed by atoms with Gasteiger partial charge in [0.25, 0.3) is 0 Å². The van der Waals surface area contributed by atoms with Crippen molar-refractivity contribution in [2.75, 3.05) is 18.8 Å². The molecule has 0 amide bonds. The summed E-state index contributed by atoms with van der Waals surface area (Å²) in [5.41, 5.74) is 12.8. The predicted octanol–water partition coefficient (Wildman–Crippen LogP) is 8.25. The quantitative estimate of drug-likeness (QED) is 0.348. The van der Waals surface area contributed by atoms with E-state index >= 15 is 0 Å². The highest BCUT2D eigenvalue weighted by molar-refractivity contribution is 7.15. The van der Waals surface area contributed by atoms with E-state index in [1.807, 2.05) is 18.5 Å². The fourth-order valence-electron chi connectivity index (χ4n) is 5.96. The number of anilines is 1. The summed E-state index contributed by atoms with van der Waals surface area (Å²) in [5.74, 6) is 1.56. The molecule has 0 atom stereocenters. The third-order valence-electron chi connectivity index (χ3n) is 7.87. The molecule has 4 rings (SSSR count). The number of hydrogen-bond donors (Lipinski definition) is 1. The highest BCUT2D eigenvalue weighted by Crippen LogP contribution is 2.40. The molecule has 0 spiro atoms. The van der Waals surface area contributed by atoms with Crippen molar-refractivity contribution < 1.29 is 4.74 Å². The SMILES string of the molecule is Cc1ccc(COc2cc(-c3cnc(C4CCN(C(C)(C)C)CC4)s3)cnc2N)c(C(C)(C)C)c1C(C)(C)C. The van der Waals surface area contributed by atoms with Crippen molar-refractivity contribution in [3.63, 3.8) is 0 Å². The van der Waals surface area contributed by atoms with Gasteiger partial charge >= 0.3 is 0 Å². The molecule has 1 fully saturated rings. The third-order valence-corrected chi connectivity index (χ3v) is 9.07. The zero-order chi connectivity index (χ0) is 28.8. The van der Waals surface area contributed by atoms with Crippen molar-refractivity contribution in [3.8, 4) is 16.2 Å². The van der Waals surface area contributed by atoms with E-state index in [2.05, 4.69) is 91.3 Å². The largest absolute Gasteiger partial charge is 0.485 e. The summed E-state index contributed by atoms with van der Waals surface area (Å²) in [4.78, 5) is 13.0. The molecule has 3 aromatic rings. The van der Waals surface area contributed by atoms with Crippen LogP contribution in [0.2, 0.25) is 0 Å². The van der Waals surface area contributed by atoms with Gasteiger partial charge in [-0.1, -0.05) is 53.7 Å². The number of hydrogen-bond acceptors (Lipinski definition) is 6. The molecule has 2 N–H and O–H groups in total. The Morgan fingerprint density at radius 3 is 2.15 bits per heavy atom. The molecular formula is C33H48N4OS. The second kappa shape index (κ2) is 10.9. The highest BCUT2D eigenvalue weighted by Gasteiger charge is 2.30. The summed E-state index contributed by atoms with van der Waals surface area (Å²) in [5, 5.41) is 1.22. The van der Waals surface area contributed by atoms with Crippen LogP contribution in [0.1, 0.15) is 108 Å². The van der Waals surface area contributed by atoms with Crippen molar-refractivity contribution in [1.29, 1.82) is 0 Å². The highest BCUT2D eigenvalue weighted by atomic mass is 32.1. The smallest absolute Gasteiger partial charge is 0.166 e. The summed E-state index contributed by atoms with van der Waals surface area (Å²) in [6.45, 7) is 25.5. The summed E-state index contributed by atoms with van der Waals surface area (Å²) in [7, 11) is 0. The maximum Gasteiger partial charge on any atom is 0.166 e. The van der Waals surface area contributed by atoms with Crippen LogP contribution in [0, 0.1) is 6.92 Å². The number of ether oxygens (including phenoxy) is 1. The maximum absolute atomic E-state index is 6.39. The van der Waals surface area contributed by atoms with Crippen molar-refractivity contribution >= 4 is 17.2 Å². The zero-order valence-electron chi connectivity index (χ0n) is 25.7. The number of piperidine rings is 1. The van der Waals surface area contributed by atoms with Crippen molar-refractivity contribution in [2.24, 2.45) is 0 Å². The lowest BCUT2D eigenvalue weighted by molar-refractivity contribution is 0.102. The fraction of sp³-hybridized carbons (Fsp3) is 0.576. The molecule has 0 radical (unpaired) electrons. The van der Waals surface area contributed by atoms with Gasteiger partial charge in [-0.05, 0) is 92.8 Å². The van der Waals surface area contributed by atoms with Gasteiger partial charge in [-0.3, -0.25) is 4.90 Å². The van der Waals surface area contributed by atoms with E-state index in [0.29, 0.717) is 24.1 Å². The molecule has 1 aliphatic rings. The first-order valence-corrected chi connectivity index (χ1v) is 15.1. The van der Waals surface area contributed by atoms with Crippen LogP contribution in [0.15, 0.2) is 30.6 Å². The molecule has 1 aliphatic heterocycles. The summed E-state index contributed by atoms with van der Waals surface area (Å²) < 4.78 is 6.39. The van der Waals surface area contributed by atoms with Gasteiger partial charge in [-0.25, -0.2) is 9.97 Å². The minimum Gasteiger partial charge on any atom is -0.485 e. The van der Waals surface area contributed by atoms with Gasteiger partial charge in [0.1, 0.15) is 6.61 Å². The van der Waals surface area contributed by atoms with Crippen LogP contribution >= 0.6 is 11.3 Å². The third kappa shape index (κ3) is 6.66. The van der Waals surface area contributed by atoms with E-state index < -0.39 is 0 Å². The van der Waals surface area contributed by atoms with E-state index in [1.165, 1.54) is 27.3 Å². The number of aromatic nitrogens is 2. The number of rotatable bonds is 5. The van der Waals surface area contributed by atoms with E-state index in [0.717, 1.165) is 36.4 Å². The average Bonchev–Trinajstić information content (AvgIpc) is 3.32. The van der Waals surface area contributed by atoms with E-state index in [4.69, 9.17) is 15.5 Å². The molecule has 6 heteroatoms. The molecular weight excluding hydrogens is 500 g/mol. The first-order chi connectivity index (χ1) is 18.1. The maximum atomic E-state index is 6.39. The second-order valence-corrected chi connectivity index (χ2v) is 15.2. The normalized spacial score (nSPS) is 16.1. The van der Waals surface area contributed by atoms with Gasteiger partial charge < -0.3 is 10.5 Å². The summed E-state index contributed by atoms with van der Waals surface area (Å²) >= 11 is 1.78. The number of nitrogens with two attached hydrogens (primary N) is 1. The van der Waals surface area contributed by atoms with E-state index in [1.54, 1.807) is 11.3 Å². The monoisotopic (exact) mass is 548 g/mol. The summed E-state index contributed by atoms with van der Waals surface area (Å²) in [6.07, 6.45) is 6.13. The van der Waals surface area contributed by atoms with E-state index in [9.17, 15) is 0 Å². The molecule has 3 heterocycles. The minimum absolute atomic E-state index is 0.0129. The fourth-order valence-corrected chi connectivity index (χ4v) is 7.03. The standard InChI is InChI=1S/C33H48N4OS/c1-21-11-12-23(28(32(5,6)7)27(21)31(2,3)4)20-38-25-17-24(18-35-29(25)34)26-19-36-30(39-26)22-13-15-37(16-14-22)33(8,9)10/h11-12,17-19,22H,13-16,20H2,1-10H3,(H2,34,35). The molecule has 1 aromatic carbocycles. The van der Waals surface area contributed by atoms with Crippen LogP contribution in [0.4, 0.5) is 5.82 Å². The first-order valence-electron chi connectivity index (χ1n) is 14.3. The topological polar surface area (TPSA) is 64.3 Å². The number of thiazole rings is 1. The molecule has 0 aliphatic carbocycles. The Labute approximate surface area is 240 Å². The van der Waals surface area contributed by atoms with Gasteiger partial charge in [0.15, 0.2) is 11.6 Å². The number of aryl methyl sites for hydroxylation is 1. The Kier molecular flexibility index (Phi) is 8.22. The Balaban J connectivity index is 1.55. The van der Waals surface area contributed by atoms with Crippen LogP contribution in [-0.2, 0) is 17.4 Å². The van der Waals surface area contributed by atoms with Crippen LogP contribution < -0.4 is 10.5 Å².